The van der Waals surface area contributed by atoms with Gasteiger partial charge in [-0.25, -0.2) is 5.48 Å². The third-order valence-electron chi connectivity index (χ3n) is 1.96. The fraction of sp³-hybridized carbons (Fsp3) is 0.857. The van der Waals surface area contributed by atoms with Crippen LogP contribution in [0.1, 0.15) is 12.8 Å². The summed E-state index contributed by atoms with van der Waals surface area (Å²) >= 11 is 0. The summed E-state index contributed by atoms with van der Waals surface area (Å²) in [6, 6.07) is 0. The van der Waals surface area contributed by atoms with Gasteiger partial charge in [-0.1, -0.05) is 0 Å². The Morgan fingerprint density at radius 1 is 1.75 bits per heavy atom. The third-order valence-corrected chi connectivity index (χ3v) is 1.96. The molecule has 0 aliphatic carbocycles. The van der Waals surface area contributed by atoms with E-state index in [4.69, 9.17) is 15.7 Å². The van der Waals surface area contributed by atoms with Gasteiger partial charge >= 0.3 is 0 Å². The summed E-state index contributed by atoms with van der Waals surface area (Å²) < 4.78 is 5.20. The predicted octanol–water partition coefficient (Wildman–Crippen LogP) is -0.294. The first-order valence-electron chi connectivity index (χ1n) is 4.10. The number of ether oxygens (including phenoxy) is 1. The summed E-state index contributed by atoms with van der Waals surface area (Å²) in [5.41, 5.74) is 7.00. The van der Waals surface area contributed by atoms with Crippen LogP contribution in [0.3, 0.4) is 0 Å². The Kier molecular flexibility index (Phi) is 3.83. The third kappa shape index (κ3) is 3.06. The maximum Gasteiger partial charge on any atom is 0.212 e. The topological polar surface area (TPSA) is 79.9 Å². The molecule has 0 aromatic carbocycles. The van der Waals surface area contributed by atoms with E-state index in [-0.39, 0.29) is 5.96 Å². The molecule has 0 aromatic heterocycles. The summed E-state index contributed by atoms with van der Waals surface area (Å²) in [7, 11) is 0. The molecule has 1 rings (SSSR count). The van der Waals surface area contributed by atoms with Crippen LogP contribution < -0.4 is 11.2 Å². The van der Waals surface area contributed by atoms with Crippen LogP contribution in [0.5, 0.6) is 0 Å². The van der Waals surface area contributed by atoms with Gasteiger partial charge in [0.05, 0.1) is 0 Å². The molecule has 0 amide bonds. The van der Waals surface area contributed by atoms with Gasteiger partial charge in [0.15, 0.2) is 0 Å². The van der Waals surface area contributed by atoms with E-state index in [1.54, 1.807) is 5.48 Å². The van der Waals surface area contributed by atoms with Gasteiger partial charge in [0.25, 0.3) is 0 Å². The van der Waals surface area contributed by atoms with E-state index in [1.165, 1.54) is 0 Å². The second kappa shape index (κ2) is 4.95. The minimum absolute atomic E-state index is 0.0777. The number of hydroxylamine groups is 1. The van der Waals surface area contributed by atoms with Crippen molar-refractivity contribution in [3.8, 4) is 0 Å². The van der Waals surface area contributed by atoms with Gasteiger partial charge in [-0.2, -0.15) is 0 Å². The first-order valence-corrected chi connectivity index (χ1v) is 4.10. The summed E-state index contributed by atoms with van der Waals surface area (Å²) in [6.45, 7) is 2.34. The molecule has 12 heavy (non-hydrogen) atoms. The van der Waals surface area contributed by atoms with Crippen LogP contribution in [0, 0.1) is 5.92 Å². The monoisotopic (exact) mass is 173 g/mol. The van der Waals surface area contributed by atoms with E-state index in [0.717, 1.165) is 26.1 Å². The molecule has 0 radical (unpaired) electrons. The van der Waals surface area contributed by atoms with Crippen molar-refractivity contribution in [2.75, 3.05) is 19.8 Å². The van der Waals surface area contributed by atoms with Crippen molar-refractivity contribution in [2.45, 2.75) is 12.8 Å². The Balaban J connectivity index is 2.08. The highest BCUT2D eigenvalue weighted by Gasteiger charge is 2.14. The van der Waals surface area contributed by atoms with Gasteiger partial charge in [-0.15, -0.1) is 0 Å². The molecule has 0 aromatic rings. The van der Waals surface area contributed by atoms with Crippen molar-refractivity contribution in [3.63, 3.8) is 0 Å². The lowest BCUT2D eigenvalue weighted by atomic mass is 10.1. The van der Waals surface area contributed by atoms with Crippen LogP contribution in [0.2, 0.25) is 0 Å². The highest BCUT2D eigenvalue weighted by molar-refractivity contribution is 5.76. The number of hydrogen-bond acceptors (Lipinski definition) is 3. The molecule has 1 atom stereocenters. The molecule has 5 heteroatoms. The number of nitrogens with two attached hydrogens (primary N) is 1. The quantitative estimate of drug-likeness (QED) is 0.311. The molecule has 0 bridgehead atoms. The molecule has 1 saturated heterocycles. The SMILES string of the molecule is NC(=NCCC1CCOC1)NO. The van der Waals surface area contributed by atoms with Gasteiger partial charge in [-0.05, 0) is 18.8 Å². The first kappa shape index (κ1) is 9.28. The lowest BCUT2D eigenvalue weighted by Crippen LogP contribution is -2.28. The van der Waals surface area contributed by atoms with Crippen molar-refractivity contribution in [1.82, 2.24) is 5.48 Å². The Hall–Kier alpha value is -0.810. The molecular weight excluding hydrogens is 158 g/mol. The number of nitrogens with one attached hydrogen (secondary N) is 1. The summed E-state index contributed by atoms with van der Waals surface area (Å²) in [5, 5.41) is 8.30. The number of hydrogen-bond donors (Lipinski definition) is 3. The zero-order valence-corrected chi connectivity index (χ0v) is 6.99. The molecule has 1 aliphatic heterocycles. The number of guanidine groups is 1. The molecule has 1 aliphatic rings. The van der Waals surface area contributed by atoms with Crippen molar-refractivity contribution in [2.24, 2.45) is 16.6 Å². The van der Waals surface area contributed by atoms with Crippen LogP contribution in [-0.2, 0) is 4.74 Å². The van der Waals surface area contributed by atoms with Gasteiger partial charge in [0.2, 0.25) is 5.96 Å². The Morgan fingerprint density at radius 2 is 2.58 bits per heavy atom. The molecule has 5 nitrogen and oxygen atoms in total. The smallest absolute Gasteiger partial charge is 0.212 e. The van der Waals surface area contributed by atoms with Crippen LogP contribution in [-0.4, -0.2) is 30.9 Å². The Labute approximate surface area is 71.6 Å². The van der Waals surface area contributed by atoms with E-state index in [2.05, 4.69) is 4.99 Å². The van der Waals surface area contributed by atoms with E-state index in [9.17, 15) is 0 Å². The molecule has 1 heterocycles. The average Bonchev–Trinajstić information content (AvgIpc) is 2.57. The van der Waals surface area contributed by atoms with Crippen LogP contribution in [0.25, 0.3) is 0 Å². The molecular formula is C7H15N3O2. The molecule has 0 saturated carbocycles. The fourth-order valence-corrected chi connectivity index (χ4v) is 1.21. The first-order chi connectivity index (χ1) is 5.83. The molecule has 4 N–H and O–H groups in total. The van der Waals surface area contributed by atoms with E-state index in [1.807, 2.05) is 0 Å². The van der Waals surface area contributed by atoms with Gasteiger partial charge in [-0.3, -0.25) is 10.2 Å². The largest absolute Gasteiger partial charge is 0.381 e. The Bertz CT molecular complexity index is 155. The predicted molar refractivity (Wildman–Crippen MR) is 45.0 cm³/mol. The second-order valence-electron chi connectivity index (χ2n) is 2.90. The number of aliphatic imine (C=N–C) groups is 1. The lowest BCUT2D eigenvalue weighted by Gasteiger charge is -2.03. The average molecular weight is 173 g/mol. The zero-order chi connectivity index (χ0) is 8.81. The standard InChI is InChI=1S/C7H15N3O2/c8-7(10-11)9-3-1-6-2-4-12-5-6/h6,11H,1-5H2,(H3,8,9,10). The highest BCUT2D eigenvalue weighted by atomic mass is 16.5. The number of nitrogens with zero attached hydrogens (tertiary/aromatic N) is 1. The Morgan fingerprint density at radius 3 is 3.17 bits per heavy atom. The lowest BCUT2D eigenvalue weighted by molar-refractivity contribution is 0.184. The summed E-state index contributed by atoms with van der Waals surface area (Å²) in [6.07, 6.45) is 2.09. The van der Waals surface area contributed by atoms with Crippen molar-refractivity contribution in [3.05, 3.63) is 0 Å². The van der Waals surface area contributed by atoms with Crippen LogP contribution in [0.4, 0.5) is 0 Å². The summed E-state index contributed by atoms with van der Waals surface area (Å²) in [4.78, 5) is 3.88. The molecule has 70 valence electrons. The van der Waals surface area contributed by atoms with Crippen LogP contribution in [0.15, 0.2) is 4.99 Å². The van der Waals surface area contributed by atoms with E-state index in [0.29, 0.717) is 12.5 Å². The van der Waals surface area contributed by atoms with Crippen molar-refractivity contribution in [1.29, 1.82) is 0 Å². The highest BCUT2D eigenvalue weighted by Crippen LogP contribution is 2.15. The van der Waals surface area contributed by atoms with Crippen LogP contribution >= 0.6 is 0 Å². The van der Waals surface area contributed by atoms with Gasteiger partial charge in [0.1, 0.15) is 0 Å². The maximum absolute atomic E-state index is 8.30. The minimum Gasteiger partial charge on any atom is -0.381 e. The van der Waals surface area contributed by atoms with E-state index >= 15 is 0 Å². The second-order valence-corrected chi connectivity index (χ2v) is 2.90. The molecule has 0 spiro atoms. The number of rotatable bonds is 3. The van der Waals surface area contributed by atoms with Gasteiger partial charge < -0.3 is 10.5 Å². The summed E-state index contributed by atoms with van der Waals surface area (Å²) in [5.74, 6) is 0.689. The molecule has 1 fully saturated rings. The van der Waals surface area contributed by atoms with Gasteiger partial charge in [0, 0.05) is 19.8 Å². The maximum atomic E-state index is 8.30. The van der Waals surface area contributed by atoms with E-state index < -0.39 is 0 Å². The van der Waals surface area contributed by atoms with Crippen molar-refractivity contribution < 1.29 is 9.94 Å². The minimum atomic E-state index is 0.0777. The normalized spacial score (nSPS) is 24.4. The zero-order valence-electron chi connectivity index (χ0n) is 6.99. The van der Waals surface area contributed by atoms with Crippen molar-refractivity contribution >= 4 is 5.96 Å². The molecule has 1 unspecified atom stereocenters. The fourth-order valence-electron chi connectivity index (χ4n) is 1.21.